The van der Waals surface area contributed by atoms with Crippen molar-refractivity contribution in [1.29, 1.82) is 0 Å². The van der Waals surface area contributed by atoms with Gasteiger partial charge in [0.25, 0.3) is 0 Å². The molecule has 0 saturated heterocycles. The molecule has 1 amide bonds. The minimum Gasteiger partial charge on any atom is -0.354 e. The lowest BCUT2D eigenvalue weighted by Crippen LogP contribution is -2.36. The molecule has 0 fully saturated rings. The van der Waals surface area contributed by atoms with Crippen LogP contribution in [0.2, 0.25) is 10.0 Å². The fraction of sp³-hybridized carbons (Fsp3) is 0.462. The third kappa shape index (κ3) is 5.73. The van der Waals surface area contributed by atoms with Crippen LogP contribution < -0.4 is 9.62 Å². The van der Waals surface area contributed by atoms with Crippen molar-refractivity contribution in [3.8, 4) is 0 Å². The van der Waals surface area contributed by atoms with Crippen LogP contribution >= 0.6 is 23.2 Å². The number of carbonyl (C=O) groups is 1. The highest BCUT2D eigenvalue weighted by atomic mass is 35.5. The Balaban J connectivity index is 2.92. The molecule has 0 aromatic heterocycles. The van der Waals surface area contributed by atoms with E-state index < -0.39 is 10.0 Å². The quantitative estimate of drug-likeness (QED) is 0.855. The zero-order chi connectivity index (χ0) is 16.2. The van der Waals surface area contributed by atoms with Gasteiger partial charge in [0, 0.05) is 19.0 Å². The molecular weight excluding hydrogens is 335 g/mol. The molecule has 1 rings (SSSR count). The lowest BCUT2D eigenvalue weighted by atomic mass is 10.3. The van der Waals surface area contributed by atoms with E-state index in [4.69, 9.17) is 23.2 Å². The Morgan fingerprint density at radius 3 is 2.38 bits per heavy atom. The topological polar surface area (TPSA) is 66.5 Å². The number of carbonyl (C=O) groups excluding carboxylic acids is 1. The third-order valence-electron chi connectivity index (χ3n) is 2.58. The highest BCUT2D eigenvalue weighted by Gasteiger charge is 2.19. The number of rotatable bonds is 6. The Hall–Kier alpha value is -0.980. The second kappa shape index (κ2) is 7.33. The average Bonchev–Trinajstić information content (AvgIpc) is 2.31. The number of sulfonamides is 1. The SMILES string of the molecule is CC(C)NC(=O)CCN(c1ccc(Cl)c(Cl)c1)S(C)(=O)=O. The molecule has 21 heavy (non-hydrogen) atoms. The molecule has 0 bridgehead atoms. The van der Waals surface area contributed by atoms with E-state index in [1.165, 1.54) is 12.1 Å². The lowest BCUT2D eigenvalue weighted by molar-refractivity contribution is -0.121. The van der Waals surface area contributed by atoms with Gasteiger partial charge in [-0.3, -0.25) is 9.10 Å². The van der Waals surface area contributed by atoms with Gasteiger partial charge in [-0.25, -0.2) is 8.42 Å². The summed E-state index contributed by atoms with van der Waals surface area (Å²) in [6, 6.07) is 4.54. The summed E-state index contributed by atoms with van der Waals surface area (Å²) in [7, 11) is -3.52. The predicted molar refractivity (Wildman–Crippen MR) is 86.5 cm³/mol. The first kappa shape index (κ1) is 18.1. The van der Waals surface area contributed by atoms with Crippen LogP contribution in [0.15, 0.2) is 18.2 Å². The summed E-state index contributed by atoms with van der Waals surface area (Å²) in [6.45, 7) is 3.71. The van der Waals surface area contributed by atoms with Crippen LogP contribution in [0.25, 0.3) is 0 Å². The van der Waals surface area contributed by atoms with Crippen molar-refractivity contribution >= 4 is 44.8 Å². The van der Waals surface area contributed by atoms with Crippen molar-refractivity contribution in [1.82, 2.24) is 5.32 Å². The summed E-state index contributed by atoms with van der Waals surface area (Å²) in [5.74, 6) is -0.210. The Labute approximate surface area is 135 Å². The monoisotopic (exact) mass is 352 g/mol. The summed E-state index contributed by atoms with van der Waals surface area (Å²) in [5.41, 5.74) is 0.379. The van der Waals surface area contributed by atoms with Crippen LogP contribution in [0.4, 0.5) is 5.69 Å². The molecule has 0 aliphatic rings. The van der Waals surface area contributed by atoms with E-state index in [-0.39, 0.29) is 29.9 Å². The molecule has 118 valence electrons. The Morgan fingerprint density at radius 1 is 1.29 bits per heavy atom. The summed E-state index contributed by atoms with van der Waals surface area (Å²) < 4.78 is 24.9. The highest BCUT2D eigenvalue weighted by Crippen LogP contribution is 2.28. The van der Waals surface area contributed by atoms with Crippen molar-refractivity contribution in [2.75, 3.05) is 17.1 Å². The van der Waals surface area contributed by atoms with E-state index in [0.29, 0.717) is 10.7 Å². The van der Waals surface area contributed by atoms with Crippen LogP contribution in [0, 0.1) is 0 Å². The molecule has 0 heterocycles. The van der Waals surface area contributed by atoms with Gasteiger partial charge in [0.2, 0.25) is 15.9 Å². The van der Waals surface area contributed by atoms with Crippen LogP contribution in [0.3, 0.4) is 0 Å². The number of hydrogen-bond acceptors (Lipinski definition) is 3. The van der Waals surface area contributed by atoms with Crippen LogP contribution in [-0.2, 0) is 14.8 Å². The Bertz CT molecular complexity index is 618. The molecule has 1 N–H and O–H groups in total. The fourth-order valence-corrected chi connectivity index (χ4v) is 2.94. The molecule has 0 aliphatic carbocycles. The first-order valence-electron chi connectivity index (χ1n) is 6.33. The summed E-state index contributed by atoms with van der Waals surface area (Å²) in [4.78, 5) is 11.7. The minimum atomic E-state index is -3.52. The average molecular weight is 353 g/mol. The molecule has 1 aromatic carbocycles. The number of hydrogen-bond donors (Lipinski definition) is 1. The number of nitrogens with zero attached hydrogens (tertiary/aromatic N) is 1. The third-order valence-corrected chi connectivity index (χ3v) is 4.52. The Morgan fingerprint density at radius 2 is 1.90 bits per heavy atom. The van der Waals surface area contributed by atoms with Gasteiger partial charge in [-0.1, -0.05) is 23.2 Å². The molecule has 0 radical (unpaired) electrons. The van der Waals surface area contributed by atoms with E-state index in [1.807, 2.05) is 13.8 Å². The largest absolute Gasteiger partial charge is 0.354 e. The first-order chi connectivity index (χ1) is 9.61. The maximum Gasteiger partial charge on any atom is 0.232 e. The normalized spacial score (nSPS) is 11.5. The van der Waals surface area contributed by atoms with Crippen molar-refractivity contribution < 1.29 is 13.2 Å². The molecule has 0 aliphatic heterocycles. The molecular formula is C13H18Cl2N2O3S. The highest BCUT2D eigenvalue weighted by molar-refractivity contribution is 7.92. The van der Waals surface area contributed by atoms with Crippen molar-refractivity contribution in [3.05, 3.63) is 28.2 Å². The molecule has 5 nitrogen and oxygen atoms in total. The van der Waals surface area contributed by atoms with Crippen LogP contribution in [-0.4, -0.2) is 33.2 Å². The standard InChI is InChI=1S/C13H18Cl2N2O3S/c1-9(2)16-13(18)6-7-17(21(3,19)20)10-4-5-11(14)12(15)8-10/h4-5,8-9H,6-7H2,1-3H3,(H,16,18). The van der Waals surface area contributed by atoms with Gasteiger partial charge in [-0.15, -0.1) is 0 Å². The second-order valence-corrected chi connectivity index (χ2v) is 7.63. The summed E-state index contributed by atoms with van der Waals surface area (Å²) >= 11 is 11.7. The maximum absolute atomic E-state index is 11.9. The van der Waals surface area contributed by atoms with Crippen molar-refractivity contribution in [3.63, 3.8) is 0 Å². The van der Waals surface area contributed by atoms with Crippen LogP contribution in [0.1, 0.15) is 20.3 Å². The number of anilines is 1. The van der Waals surface area contributed by atoms with E-state index in [1.54, 1.807) is 6.07 Å². The maximum atomic E-state index is 11.9. The van der Waals surface area contributed by atoms with Gasteiger partial charge < -0.3 is 5.32 Å². The van der Waals surface area contributed by atoms with Gasteiger partial charge in [-0.2, -0.15) is 0 Å². The van der Waals surface area contributed by atoms with Crippen molar-refractivity contribution in [2.45, 2.75) is 26.3 Å². The fourth-order valence-electron chi connectivity index (χ4n) is 1.72. The van der Waals surface area contributed by atoms with E-state index >= 15 is 0 Å². The minimum absolute atomic E-state index is 0.00848. The smallest absolute Gasteiger partial charge is 0.232 e. The van der Waals surface area contributed by atoms with Gasteiger partial charge in [0.15, 0.2) is 0 Å². The number of amides is 1. The van der Waals surface area contributed by atoms with Crippen molar-refractivity contribution in [2.24, 2.45) is 0 Å². The van der Waals surface area contributed by atoms with Gasteiger partial charge in [-0.05, 0) is 32.0 Å². The lowest BCUT2D eigenvalue weighted by Gasteiger charge is -2.22. The molecule has 0 atom stereocenters. The zero-order valence-electron chi connectivity index (χ0n) is 12.1. The van der Waals surface area contributed by atoms with E-state index in [0.717, 1.165) is 10.6 Å². The van der Waals surface area contributed by atoms with E-state index in [9.17, 15) is 13.2 Å². The van der Waals surface area contributed by atoms with Gasteiger partial charge >= 0.3 is 0 Å². The summed E-state index contributed by atoms with van der Waals surface area (Å²) in [5, 5.41) is 3.31. The second-order valence-electron chi connectivity index (χ2n) is 4.91. The molecule has 0 spiro atoms. The zero-order valence-corrected chi connectivity index (χ0v) is 14.4. The molecule has 0 saturated carbocycles. The van der Waals surface area contributed by atoms with Gasteiger partial charge in [0.05, 0.1) is 22.0 Å². The molecule has 1 aromatic rings. The number of halogens is 2. The number of nitrogens with one attached hydrogen (secondary N) is 1. The predicted octanol–water partition coefficient (Wildman–Crippen LogP) is 2.67. The van der Waals surface area contributed by atoms with Gasteiger partial charge in [0.1, 0.15) is 0 Å². The summed E-state index contributed by atoms with van der Waals surface area (Å²) in [6.07, 6.45) is 1.14. The van der Waals surface area contributed by atoms with Crippen LogP contribution in [0.5, 0.6) is 0 Å². The molecule has 8 heteroatoms. The number of benzene rings is 1. The van der Waals surface area contributed by atoms with E-state index in [2.05, 4.69) is 5.32 Å². The first-order valence-corrected chi connectivity index (χ1v) is 8.94. The molecule has 0 unspecified atom stereocenters. The Kier molecular flexibility index (Phi) is 6.31.